The third kappa shape index (κ3) is 4.84. The first-order valence-electron chi connectivity index (χ1n) is 7.23. The summed E-state index contributed by atoms with van der Waals surface area (Å²) in [6.45, 7) is 11.7. The average Bonchev–Trinajstić information content (AvgIpc) is 2.31. The third-order valence-corrected chi connectivity index (χ3v) is 4.06. The summed E-state index contributed by atoms with van der Waals surface area (Å²) < 4.78 is 0. The van der Waals surface area contributed by atoms with E-state index in [0.717, 1.165) is 12.0 Å². The monoisotopic (exact) mass is 226 g/mol. The molecule has 1 N–H and O–H groups in total. The highest BCUT2D eigenvalue weighted by Crippen LogP contribution is 2.23. The van der Waals surface area contributed by atoms with Crippen LogP contribution in [0.4, 0.5) is 0 Å². The molecule has 0 amide bonds. The predicted octanol–water partition coefficient (Wildman–Crippen LogP) is 2.89. The largest absolute Gasteiger partial charge is 0.314 e. The van der Waals surface area contributed by atoms with Crippen LogP contribution in [0.15, 0.2) is 0 Å². The molecule has 0 radical (unpaired) electrons. The smallest absolute Gasteiger partial charge is 0.00926 e. The van der Waals surface area contributed by atoms with E-state index in [-0.39, 0.29) is 0 Å². The zero-order chi connectivity index (χ0) is 11.8. The quantitative estimate of drug-likeness (QED) is 0.672. The van der Waals surface area contributed by atoms with Crippen LogP contribution in [-0.2, 0) is 0 Å². The molecule has 1 rings (SSSR count). The molecular weight excluding hydrogens is 196 g/mol. The molecule has 0 aromatic heterocycles. The second-order valence-electron chi connectivity index (χ2n) is 5.20. The Morgan fingerprint density at radius 3 is 2.44 bits per heavy atom. The maximum Gasteiger partial charge on any atom is 0.00926 e. The standard InChI is InChI=1S/C14H30N2/c1-4-16(5-2)12-8-11-15-14-10-7-6-9-13(14)3/h13-15H,4-12H2,1-3H3. The van der Waals surface area contributed by atoms with Gasteiger partial charge in [0.1, 0.15) is 0 Å². The fourth-order valence-electron chi connectivity index (χ4n) is 2.75. The van der Waals surface area contributed by atoms with E-state index in [9.17, 15) is 0 Å². The first-order chi connectivity index (χ1) is 7.77. The van der Waals surface area contributed by atoms with E-state index in [0.29, 0.717) is 0 Å². The molecule has 0 bridgehead atoms. The van der Waals surface area contributed by atoms with Crippen molar-refractivity contribution in [3.05, 3.63) is 0 Å². The van der Waals surface area contributed by atoms with Crippen LogP contribution in [0.25, 0.3) is 0 Å². The summed E-state index contributed by atoms with van der Waals surface area (Å²) >= 11 is 0. The Balaban J connectivity index is 2.05. The van der Waals surface area contributed by atoms with Gasteiger partial charge in [0.15, 0.2) is 0 Å². The van der Waals surface area contributed by atoms with Crippen LogP contribution >= 0.6 is 0 Å². The molecule has 16 heavy (non-hydrogen) atoms. The Morgan fingerprint density at radius 1 is 1.12 bits per heavy atom. The molecule has 0 aromatic carbocycles. The van der Waals surface area contributed by atoms with Crippen molar-refractivity contribution >= 4 is 0 Å². The van der Waals surface area contributed by atoms with E-state index in [2.05, 4.69) is 31.0 Å². The molecule has 2 atom stereocenters. The molecule has 0 spiro atoms. The maximum atomic E-state index is 3.75. The number of hydrogen-bond acceptors (Lipinski definition) is 2. The Kier molecular flexibility index (Phi) is 7.06. The summed E-state index contributed by atoms with van der Waals surface area (Å²) in [5.74, 6) is 0.891. The van der Waals surface area contributed by atoms with Gasteiger partial charge in [-0.15, -0.1) is 0 Å². The van der Waals surface area contributed by atoms with Crippen LogP contribution in [0, 0.1) is 5.92 Å². The zero-order valence-corrected chi connectivity index (χ0v) is 11.5. The SMILES string of the molecule is CCN(CC)CCCNC1CCCCC1C. The van der Waals surface area contributed by atoms with Crippen molar-refractivity contribution in [2.24, 2.45) is 5.92 Å². The molecule has 0 saturated heterocycles. The van der Waals surface area contributed by atoms with Gasteiger partial charge in [-0.25, -0.2) is 0 Å². The van der Waals surface area contributed by atoms with Gasteiger partial charge in [0.25, 0.3) is 0 Å². The normalized spacial score (nSPS) is 26.2. The number of hydrogen-bond donors (Lipinski definition) is 1. The number of rotatable bonds is 7. The predicted molar refractivity (Wildman–Crippen MR) is 71.8 cm³/mol. The van der Waals surface area contributed by atoms with Crippen molar-refractivity contribution < 1.29 is 0 Å². The molecule has 96 valence electrons. The van der Waals surface area contributed by atoms with Crippen molar-refractivity contribution in [1.29, 1.82) is 0 Å². The molecule has 0 heterocycles. The number of nitrogens with zero attached hydrogens (tertiary/aromatic N) is 1. The highest BCUT2D eigenvalue weighted by atomic mass is 15.1. The third-order valence-electron chi connectivity index (χ3n) is 4.06. The molecule has 2 heteroatoms. The van der Waals surface area contributed by atoms with E-state index in [1.165, 1.54) is 58.3 Å². The first-order valence-corrected chi connectivity index (χ1v) is 7.23. The molecule has 0 aromatic rings. The summed E-state index contributed by atoms with van der Waals surface area (Å²) in [5.41, 5.74) is 0. The first kappa shape index (κ1) is 14.0. The lowest BCUT2D eigenvalue weighted by molar-refractivity contribution is 0.263. The van der Waals surface area contributed by atoms with Gasteiger partial charge in [-0.3, -0.25) is 0 Å². The second kappa shape index (κ2) is 8.08. The molecule has 0 aliphatic heterocycles. The van der Waals surface area contributed by atoms with E-state index < -0.39 is 0 Å². The second-order valence-corrected chi connectivity index (χ2v) is 5.20. The van der Waals surface area contributed by atoms with Gasteiger partial charge >= 0.3 is 0 Å². The molecular formula is C14H30N2. The Bertz CT molecular complexity index is 166. The number of nitrogens with one attached hydrogen (secondary N) is 1. The van der Waals surface area contributed by atoms with Crippen LogP contribution in [0.1, 0.15) is 52.9 Å². The van der Waals surface area contributed by atoms with Crippen molar-refractivity contribution in [1.82, 2.24) is 10.2 Å². The minimum absolute atomic E-state index is 0.797. The Morgan fingerprint density at radius 2 is 1.81 bits per heavy atom. The molecule has 2 unspecified atom stereocenters. The lowest BCUT2D eigenvalue weighted by Gasteiger charge is -2.30. The lowest BCUT2D eigenvalue weighted by atomic mass is 9.86. The maximum absolute atomic E-state index is 3.75. The Hall–Kier alpha value is -0.0800. The zero-order valence-electron chi connectivity index (χ0n) is 11.5. The molecule has 1 fully saturated rings. The highest BCUT2D eigenvalue weighted by molar-refractivity contribution is 4.77. The van der Waals surface area contributed by atoms with Gasteiger partial charge in [0, 0.05) is 6.04 Å². The molecule has 2 nitrogen and oxygen atoms in total. The van der Waals surface area contributed by atoms with Crippen LogP contribution < -0.4 is 5.32 Å². The highest BCUT2D eigenvalue weighted by Gasteiger charge is 2.19. The van der Waals surface area contributed by atoms with E-state index in [1.807, 2.05) is 0 Å². The minimum Gasteiger partial charge on any atom is -0.314 e. The van der Waals surface area contributed by atoms with Crippen LogP contribution in [0.5, 0.6) is 0 Å². The van der Waals surface area contributed by atoms with Crippen molar-refractivity contribution in [3.8, 4) is 0 Å². The van der Waals surface area contributed by atoms with Gasteiger partial charge < -0.3 is 10.2 Å². The van der Waals surface area contributed by atoms with Crippen LogP contribution in [-0.4, -0.2) is 37.1 Å². The fourth-order valence-corrected chi connectivity index (χ4v) is 2.75. The lowest BCUT2D eigenvalue weighted by Crippen LogP contribution is -2.38. The van der Waals surface area contributed by atoms with Gasteiger partial charge in [-0.05, 0) is 51.4 Å². The summed E-state index contributed by atoms with van der Waals surface area (Å²) in [4.78, 5) is 2.51. The van der Waals surface area contributed by atoms with Gasteiger partial charge in [0.05, 0.1) is 0 Å². The Labute approximate surface area is 102 Å². The van der Waals surface area contributed by atoms with Crippen molar-refractivity contribution in [3.63, 3.8) is 0 Å². The van der Waals surface area contributed by atoms with E-state index in [4.69, 9.17) is 0 Å². The van der Waals surface area contributed by atoms with Gasteiger partial charge in [-0.1, -0.05) is 33.6 Å². The molecule has 1 aliphatic carbocycles. The van der Waals surface area contributed by atoms with E-state index >= 15 is 0 Å². The summed E-state index contributed by atoms with van der Waals surface area (Å²) in [5, 5.41) is 3.75. The minimum atomic E-state index is 0.797. The van der Waals surface area contributed by atoms with Gasteiger partial charge in [-0.2, -0.15) is 0 Å². The summed E-state index contributed by atoms with van der Waals surface area (Å²) in [7, 11) is 0. The fraction of sp³-hybridized carbons (Fsp3) is 1.00. The van der Waals surface area contributed by atoms with Crippen molar-refractivity contribution in [2.45, 2.75) is 58.9 Å². The van der Waals surface area contributed by atoms with Crippen molar-refractivity contribution in [2.75, 3.05) is 26.2 Å². The van der Waals surface area contributed by atoms with Crippen LogP contribution in [0.3, 0.4) is 0 Å². The summed E-state index contributed by atoms with van der Waals surface area (Å²) in [6, 6.07) is 0.797. The van der Waals surface area contributed by atoms with Gasteiger partial charge in [0.2, 0.25) is 0 Å². The van der Waals surface area contributed by atoms with E-state index in [1.54, 1.807) is 0 Å². The molecule has 1 saturated carbocycles. The molecule has 1 aliphatic rings. The average molecular weight is 226 g/mol. The summed E-state index contributed by atoms with van der Waals surface area (Å²) in [6.07, 6.45) is 6.99. The topological polar surface area (TPSA) is 15.3 Å². The van der Waals surface area contributed by atoms with Crippen LogP contribution in [0.2, 0.25) is 0 Å².